The highest BCUT2D eigenvalue weighted by atomic mass is 35.5. The zero-order valence-corrected chi connectivity index (χ0v) is 17.8. The van der Waals surface area contributed by atoms with Gasteiger partial charge in [-0.2, -0.15) is 0 Å². The summed E-state index contributed by atoms with van der Waals surface area (Å²) in [5.41, 5.74) is 4.49. The van der Waals surface area contributed by atoms with Gasteiger partial charge in [0, 0.05) is 47.6 Å². The molecule has 0 saturated carbocycles. The first kappa shape index (κ1) is 20.1. The van der Waals surface area contributed by atoms with E-state index in [1.54, 1.807) is 13.4 Å². The maximum Gasteiger partial charge on any atom is 0.337 e. The molecule has 0 spiro atoms. The van der Waals surface area contributed by atoms with Crippen molar-refractivity contribution in [1.82, 2.24) is 9.88 Å². The molecule has 2 aromatic rings. The number of aromatic nitrogens is 1. The number of ether oxygens (including phenoxy) is 3. The van der Waals surface area contributed by atoms with Gasteiger partial charge in [0.25, 0.3) is 0 Å². The number of piperidine rings is 1. The molecule has 4 atom stereocenters. The van der Waals surface area contributed by atoms with E-state index in [-0.39, 0.29) is 36.4 Å². The molecule has 6 nitrogen and oxygen atoms in total. The van der Waals surface area contributed by atoms with Gasteiger partial charge in [0.05, 0.1) is 38.2 Å². The Morgan fingerprint density at radius 2 is 2.14 bits per heavy atom. The van der Waals surface area contributed by atoms with Gasteiger partial charge in [-0.3, -0.25) is 4.90 Å². The quantitative estimate of drug-likeness (QED) is 0.755. The number of aromatic amines is 1. The topological polar surface area (TPSA) is 63.8 Å². The Balaban J connectivity index is 0.00000205. The van der Waals surface area contributed by atoms with Gasteiger partial charge in [-0.25, -0.2) is 4.79 Å². The van der Waals surface area contributed by atoms with Crippen molar-refractivity contribution in [3.05, 3.63) is 41.3 Å². The Labute approximate surface area is 176 Å². The number of hydrogen-bond acceptors (Lipinski definition) is 5. The first-order valence-electron chi connectivity index (χ1n) is 9.97. The van der Waals surface area contributed by atoms with E-state index in [0.29, 0.717) is 11.5 Å². The average molecular weight is 419 g/mol. The summed E-state index contributed by atoms with van der Waals surface area (Å²) in [6.45, 7) is 4.07. The number of carbonyl (C=O) groups is 1. The van der Waals surface area contributed by atoms with Crippen LogP contribution in [0.3, 0.4) is 0 Å². The van der Waals surface area contributed by atoms with Crippen LogP contribution in [0.1, 0.15) is 30.6 Å². The lowest BCUT2D eigenvalue weighted by molar-refractivity contribution is -0.139. The van der Waals surface area contributed by atoms with Crippen LogP contribution in [0.4, 0.5) is 0 Å². The van der Waals surface area contributed by atoms with Crippen LogP contribution in [0, 0.1) is 11.8 Å². The lowest BCUT2D eigenvalue weighted by atomic mass is 9.72. The normalized spacial score (nSPS) is 28.2. The molecule has 4 heterocycles. The fourth-order valence-corrected chi connectivity index (χ4v) is 5.35. The van der Waals surface area contributed by atoms with Crippen LogP contribution >= 0.6 is 12.4 Å². The predicted octanol–water partition coefficient (Wildman–Crippen LogP) is 3.61. The molecule has 29 heavy (non-hydrogen) atoms. The van der Waals surface area contributed by atoms with E-state index >= 15 is 0 Å². The molecule has 0 unspecified atom stereocenters. The zero-order chi connectivity index (χ0) is 19.4. The molecule has 0 amide bonds. The number of esters is 1. The monoisotopic (exact) mass is 418 g/mol. The van der Waals surface area contributed by atoms with Gasteiger partial charge < -0.3 is 19.2 Å². The lowest BCUT2D eigenvalue weighted by Crippen LogP contribution is -2.51. The number of methoxy groups -OCH3 is 2. The number of hydrogen-bond donors (Lipinski definition) is 1. The molecule has 1 saturated heterocycles. The molecule has 3 aliphatic heterocycles. The fraction of sp³-hybridized carbons (Fsp3) is 0.500. The van der Waals surface area contributed by atoms with E-state index in [9.17, 15) is 4.79 Å². The van der Waals surface area contributed by atoms with Crippen LogP contribution in [0.25, 0.3) is 10.9 Å². The van der Waals surface area contributed by atoms with Gasteiger partial charge in [-0.15, -0.1) is 12.4 Å². The second-order valence-corrected chi connectivity index (χ2v) is 8.10. The van der Waals surface area contributed by atoms with E-state index in [2.05, 4.69) is 28.9 Å². The molecule has 0 bridgehead atoms. The molecular weight excluding hydrogens is 392 g/mol. The minimum atomic E-state index is -0.271. The third kappa shape index (κ3) is 3.09. The highest BCUT2D eigenvalue weighted by molar-refractivity contribution is 5.89. The standard InChI is InChI=1S/C22H26N2O4.ClH/c1-12-17-10-24-7-6-15-14-5-4-13(26-2)8-19(14)23-21(15)20(24)9-16(17)18(11-28-12)22(25)27-3;/h4-5,8,11-12,16-17,20,23H,6-7,9-10H2,1-3H3;1H/t12-,16-,17+,20-;/m0./s1. The van der Waals surface area contributed by atoms with E-state index in [1.807, 2.05) is 6.07 Å². The van der Waals surface area contributed by atoms with Gasteiger partial charge in [-0.05, 0) is 37.5 Å². The Hall–Kier alpha value is -2.18. The maximum atomic E-state index is 12.3. The summed E-state index contributed by atoms with van der Waals surface area (Å²) in [6.07, 6.45) is 3.67. The predicted molar refractivity (Wildman–Crippen MR) is 112 cm³/mol. The van der Waals surface area contributed by atoms with Crippen molar-refractivity contribution in [3.8, 4) is 5.75 Å². The number of benzene rings is 1. The molecule has 7 heteroatoms. The minimum absolute atomic E-state index is 0. The number of fused-ring (bicyclic) bond motifs is 6. The molecule has 1 fully saturated rings. The summed E-state index contributed by atoms with van der Waals surface area (Å²) in [4.78, 5) is 18.6. The fourth-order valence-electron chi connectivity index (χ4n) is 5.35. The third-order valence-corrected chi connectivity index (χ3v) is 6.84. The number of rotatable bonds is 2. The molecule has 1 aromatic carbocycles. The van der Waals surface area contributed by atoms with E-state index in [4.69, 9.17) is 14.2 Å². The molecule has 1 aromatic heterocycles. The van der Waals surface area contributed by atoms with Gasteiger partial charge in [0.15, 0.2) is 0 Å². The van der Waals surface area contributed by atoms with Crippen LogP contribution in [0.2, 0.25) is 0 Å². The molecule has 0 aliphatic carbocycles. The van der Waals surface area contributed by atoms with Gasteiger partial charge in [0.1, 0.15) is 5.75 Å². The third-order valence-electron chi connectivity index (χ3n) is 6.84. The van der Waals surface area contributed by atoms with Crippen molar-refractivity contribution < 1.29 is 19.0 Å². The van der Waals surface area contributed by atoms with Gasteiger partial charge >= 0.3 is 5.97 Å². The Kier molecular flexibility index (Phi) is 5.25. The lowest BCUT2D eigenvalue weighted by Gasteiger charge is -2.49. The van der Waals surface area contributed by atoms with Crippen molar-refractivity contribution >= 4 is 29.3 Å². The Morgan fingerprint density at radius 1 is 1.31 bits per heavy atom. The number of halogens is 1. The van der Waals surface area contributed by atoms with Crippen molar-refractivity contribution in [1.29, 1.82) is 0 Å². The molecule has 3 aliphatic rings. The summed E-state index contributed by atoms with van der Waals surface area (Å²) in [5, 5.41) is 1.28. The van der Waals surface area contributed by atoms with Crippen molar-refractivity contribution in [3.63, 3.8) is 0 Å². The van der Waals surface area contributed by atoms with Crippen LogP contribution in [0.15, 0.2) is 30.0 Å². The number of nitrogens with one attached hydrogen (secondary N) is 1. The summed E-state index contributed by atoms with van der Waals surface area (Å²) in [5.74, 6) is 1.05. The molecule has 0 radical (unpaired) electrons. The van der Waals surface area contributed by atoms with E-state index < -0.39 is 0 Å². The number of H-pyrrole nitrogens is 1. The van der Waals surface area contributed by atoms with Crippen LogP contribution in [0.5, 0.6) is 5.75 Å². The maximum absolute atomic E-state index is 12.3. The highest BCUT2D eigenvalue weighted by Gasteiger charge is 2.46. The molecular formula is C22H27ClN2O4. The summed E-state index contributed by atoms with van der Waals surface area (Å²) in [7, 11) is 3.13. The van der Waals surface area contributed by atoms with Crippen molar-refractivity contribution in [2.75, 3.05) is 27.3 Å². The Bertz CT molecular complexity index is 969. The zero-order valence-electron chi connectivity index (χ0n) is 16.9. The molecule has 5 rings (SSSR count). The second-order valence-electron chi connectivity index (χ2n) is 8.10. The van der Waals surface area contributed by atoms with Crippen LogP contribution in [-0.2, 0) is 20.7 Å². The van der Waals surface area contributed by atoms with Crippen LogP contribution < -0.4 is 4.74 Å². The van der Waals surface area contributed by atoms with Crippen LogP contribution in [-0.4, -0.2) is 49.3 Å². The molecule has 156 valence electrons. The summed E-state index contributed by atoms with van der Waals surface area (Å²) in [6, 6.07) is 6.53. The van der Waals surface area contributed by atoms with Crippen molar-refractivity contribution in [2.45, 2.75) is 31.9 Å². The number of carbonyl (C=O) groups excluding carboxylic acids is 1. The second kappa shape index (κ2) is 7.58. The smallest absolute Gasteiger partial charge is 0.337 e. The summed E-state index contributed by atoms with van der Waals surface area (Å²) < 4.78 is 16.2. The first-order valence-corrected chi connectivity index (χ1v) is 9.97. The highest BCUT2D eigenvalue weighted by Crippen LogP contribution is 2.47. The average Bonchev–Trinajstić information content (AvgIpc) is 3.10. The van der Waals surface area contributed by atoms with Crippen molar-refractivity contribution in [2.24, 2.45) is 11.8 Å². The van der Waals surface area contributed by atoms with E-state index in [1.165, 1.54) is 23.8 Å². The molecule has 1 N–H and O–H groups in total. The van der Waals surface area contributed by atoms with E-state index in [0.717, 1.165) is 37.2 Å². The van der Waals surface area contributed by atoms with Gasteiger partial charge in [-0.1, -0.05) is 0 Å². The SMILES string of the molecule is COC(=O)C1=CO[C@@H](C)[C@H]2CN3CCc4c([nH]c5cc(OC)ccc45)[C@@H]3C[C@H]12.Cl. The Morgan fingerprint density at radius 3 is 2.90 bits per heavy atom. The largest absolute Gasteiger partial charge is 0.497 e. The minimum Gasteiger partial charge on any atom is -0.497 e. The first-order chi connectivity index (χ1) is 13.6. The summed E-state index contributed by atoms with van der Waals surface area (Å²) >= 11 is 0. The number of nitrogens with zero attached hydrogens (tertiary/aromatic N) is 1. The van der Waals surface area contributed by atoms with Gasteiger partial charge in [0.2, 0.25) is 0 Å².